The number of hydrogen-bond donors (Lipinski definition) is 1. The highest BCUT2D eigenvalue weighted by Gasteiger charge is 2.30. The van der Waals surface area contributed by atoms with Crippen molar-refractivity contribution in [2.45, 2.75) is 32.7 Å². The van der Waals surface area contributed by atoms with Gasteiger partial charge in [-0.3, -0.25) is 4.79 Å². The van der Waals surface area contributed by atoms with Crippen molar-refractivity contribution in [1.29, 1.82) is 0 Å². The molecular formula is C14H19FN2O. The fraction of sp³-hybridized carbons (Fsp3) is 0.500. The standard InChI is InChI=1S/C14H19FN2O/c1-3-9(2)13(16)14(18)17-7-6-10-4-5-11(15)8-12(10)17/h4-5,8-9,13H,3,6-7,16H2,1-2H3/t9?,13-/m0/s1. The second kappa shape index (κ2) is 5.06. The Morgan fingerprint density at radius 3 is 2.94 bits per heavy atom. The monoisotopic (exact) mass is 250 g/mol. The van der Waals surface area contributed by atoms with E-state index in [1.165, 1.54) is 12.1 Å². The van der Waals surface area contributed by atoms with Gasteiger partial charge in [0.1, 0.15) is 5.82 Å². The van der Waals surface area contributed by atoms with Crippen LogP contribution in [0.15, 0.2) is 18.2 Å². The van der Waals surface area contributed by atoms with Crippen molar-refractivity contribution in [3.05, 3.63) is 29.6 Å². The zero-order valence-electron chi connectivity index (χ0n) is 10.8. The van der Waals surface area contributed by atoms with Crippen LogP contribution in [0.3, 0.4) is 0 Å². The van der Waals surface area contributed by atoms with Crippen LogP contribution >= 0.6 is 0 Å². The summed E-state index contributed by atoms with van der Waals surface area (Å²) in [6, 6.07) is 4.08. The molecule has 0 fully saturated rings. The van der Waals surface area contributed by atoms with E-state index >= 15 is 0 Å². The summed E-state index contributed by atoms with van der Waals surface area (Å²) in [5.41, 5.74) is 7.66. The molecule has 2 N–H and O–H groups in total. The summed E-state index contributed by atoms with van der Waals surface area (Å²) in [5.74, 6) is -0.283. The normalized spacial score (nSPS) is 17.4. The van der Waals surface area contributed by atoms with E-state index in [9.17, 15) is 9.18 Å². The van der Waals surface area contributed by atoms with Gasteiger partial charge in [-0.2, -0.15) is 0 Å². The van der Waals surface area contributed by atoms with E-state index in [-0.39, 0.29) is 17.6 Å². The molecule has 1 amide bonds. The van der Waals surface area contributed by atoms with E-state index in [0.29, 0.717) is 12.2 Å². The molecule has 2 atom stereocenters. The van der Waals surface area contributed by atoms with Crippen LogP contribution in [-0.2, 0) is 11.2 Å². The minimum atomic E-state index is -0.510. The Kier molecular flexibility index (Phi) is 3.66. The molecule has 0 radical (unpaired) electrons. The minimum Gasteiger partial charge on any atom is -0.320 e. The van der Waals surface area contributed by atoms with Crippen molar-refractivity contribution in [1.82, 2.24) is 0 Å². The predicted octanol–water partition coefficient (Wildman–Crippen LogP) is 2.09. The van der Waals surface area contributed by atoms with Crippen molar-refractivity contribution in [3.8, 4) is 0 Å². The number of carbonyl (C=O) groups is 1. The number of fused-ring (bicyclic) bond motifs is 1. The van der Waals surface area contributed by atoms with Gasteiger partial charge in [-0.25, -0.2) is 4.39 Å². The van der Waals surface area contributed by atoms with Gasteiger partial charge in [0.2, 0.25) is 5.91 Å². The van der Waals surface area contributed by atoms with E-state index in [2.05, 4.69) is 0 Å². The topological polar surface area (TPSA) is 46.3 Å². The van der Waals surface area contributed by atoms with E-state index in [1.807, 2.05) is 13.8 Å². The molecule has 2 rings (SSSR count). The lowest BCUT2D eigenvalue weighted by molar-refractivity contribution is -0.120. The molecule has 0 aromatic heterocycles. The molecule has 1 aromatic rings. The third-order valence-electron chi connectivity index (χ3n) is 3.75. The first-order chi connectivity index (χ1) is 8.54. The summed E-state index contributed by atoms with van der Waals surface area (Å²) in [7, 11) is 0. The first kappa shape index (κ1) is 13.0. The lowest BCUT2D eigenvalue weighted by Crippen LogP contribution is -2.46. The van der Waals surface area contributed by atoms with Gasteiger partial charge >= 0.3 is 0 Å². The van der Waals surface area contributed by atoms with Crippen LogP contribution in [-0.4, -0.2) is 18.5 Å². The maximum absolute atomic E-state index is 13.3. The smallest absolute Gasteiger partial charge is 0.244 e. The van der Waals surface area contributed by atoms with Crippen molar-refractivity contribution >= 4 is 11.6 Å². The molecule has 4 heteroatoms. The quantitative estimate of drug-likeness (QED) is 0.892. The zero-order chi connectivity index (χ0) is 13.3. The third kappa shape index (κ3) is 2.25. The molecular weight excluding hydrogens is 231 g/mol. The fourth-order valence-corrected chi connectivity index (χ4v) is 2.26. The van der Waals surface area contributed by atoms with Crippen LogP contribution in [0, 0.1) is 11.7 Å². The van der Waals surface area contributed by atoms with Crippen molar-refractivity contribution in [2.75, 3.05) is 11.4 Å². The van der Waals surface area contributed by atoms with Gasteiger partial charge in [-0.15, -0.1) is 0 Å². The van der Waals surface area contributed by atoms with Gasteiger partial charge in [0.15, 0.2) is 0 Å². The van der Waals surface area contributed by atoms with Gasteiger partial charge < -0.3 is 10.6 Å². The van der Waals surface area contributed by atoms with Crippen LogP contribution in [0.5, 0.6) is 0 Å². The highest BCUT2D eigenvalue weighted by atomic mass is 19.1. The van der Waals surface area contributed by atoms with Crippen LogP contribution in [0.2, 0.25) is 0 Å². The molecule has 0 bridgehead atoms. The summed E-state index contributed by atoms with van der Waals surface area (Å²) in [5, 5.41) is 0. The van der Waals surface area contributed by atoms with Gasteiger partial charge in [0.25, 0.3) is 0 Å². The fourth-order valence-electron chi connectivity index (χ4n) is 2.26. The SMILES string of the molecule is CCC(C)[C@H](N)C(=O)N1CCc2ccc(F)cc21. The molecule has 0 spiro atoms. The number of rotatable bonds is 3. The van der Waals surface area contributed by atoms with Gasteiger partial charge in [-0.1, -0.05) is 26.3 Å². The number of benzene rings is 1. The van der Waals surface area contributed by atoms with Crippen LogP contribution in [0.4, 0.5) is 10.1 Å². The molecule has 98 valence electrons. The van der Waals surface area contributed by atoms with Gasteiger partial charge in [-0.05, 0) is 30.0 Å². The molecule has 0 saturated heterocycles. The molecule has 1 aromatic carbocycles. The number of nitrogens with two attached hydrogens (primary N) is 1. The molecule has 1 aliphatic rings. The van der Waals surface area contributed by atoms with Crippen molar-refractivity contribution in [2.24, 2.45) is 11.7 Å². The summed E-state index contributed by atoms with van der Waals surface area (Å²) in [6.45, 7) is 4.57. The Morgan fingerprint density at radius 1 is 1.56 bits per heavy atom. The number of carbonyl (C=O) groups excluding carboxylic acids is 1. The van der Waals surface area contributed by atoms with Gasteiger partial charge in [0, 0.05) is 12.2 Å². The number of amides is 1. The van der Waals surface area contributed by atoms with Crippen LogP contribution < -0.4 is 10.6 Å². The highest BCUT2D eigenvalue weighted by molar-refractivity contribution is 5.99. The van der Waals surface area contributed by atoms with E-state index in [1.54, 1.807) is 11.0 Å². The summed E-state index contributed by atoms with van der Waals surface area (Å²) < 4.78 is 13.3. The average Bonchev–Trinajstić information content (AvgIpc) is 2.78. The summed E-state index contributed by atoms with van der Waals surface area (Å²) >= 11 is 0. The predicted molar refractivity (Wildman–Crippen MR) is 69.9 cm³/mol. The second-order valence-corrected chi connectivity index (χ2v) is 4.92. The lowest BCUT2D eigenvalue weighted by atomic mass is 9.99. The Hall–Kier alpha value is -1.42. The third-order valence-corrected chi connectivity index (χ3v) is 3.75. The molecule has 1 unspecified atom stereocenters. The molecule has 0 saturated carbocycles. The molecule has 3 nitrogen and oxygen atoms in total. The van der Waals surface area contributed by atoms with Crippen LogP contribution in [0.25, 0.3) is 0 Å². The van der Waals surface area contributed by atoms with E-state index in [4.69, 9.17) is 5.73 Å². The van der Waals surface area contributed by atoms with Crippen molar-refractivity contribution < 1.29 is 9.18 Å². The molecule has 18 heavy (non-hydrogen) atoms. The van der Waals surface area contributed by atoms with Gasteiger partial charge in [0.05, 0.1) is 6.04 Å². The largest absolute Gasteiger partial charge is 0.320 e. The number of anilines is 1. The van der Waals surface area contributed by atoms with Crippen LogP contribution in [0.1, 0.15) is 25.8 Å². The number of nitrogens with zero attached hydrogens (tertiary/aromatic N) is 1. The Labute approximate surface area is 107 Å². The average molecular weight is 250 g/mol. The minimum absolute atomic E-state index is 0.103. The number of hydrogen-bond acceptors (Lipinski definition) is 2. The Morgan fingerprint density at radius 2 is 2.28 bits per heavy atom. The van der Waals surface area contributed by atoms with E-state index in [0.717, 1.165) is 18.4 Å². The maximum atomic E-state index is 13.3. The van der Waals surface area contributed by atoms with Crippen molar-refractivity contribution in [3.63, 3.8) is 0 Å². The molecule has 0 aliphatic carbocycles. The molecule has 1 heterocycles. The summed E-state index contributed by atoms with van der Waals surface area (Å²) in [4.78, 5) is 13.9. The maximum Gasteiger partial charge on any atom is 0.244 e. The highest BCUT2D eigenvalue weighted by Crippen LogP contribution is 2.29. The Balaban J connectivity index is 2.23. The second-order valence-electron chi connectivity index (χ2n) is 4.92. The lowest BCUT2D eigenvalue weighted by Gasteiger charge is -2.24. The Bertz CT molecular complexity index is 461. The van der Waals surface area contributed by atoms with E-state index < -0.39 is 6.04 Å². The first-order valence-corrected chi connectivity index (χ1v) is 6.40. The first-order valence-electron chi connectivity index (χ1n) is 6.40. The number of halogens is 1. The summed E-state index contributed by atoms with van der Waals surface area (Å²) in [6.07, 6.45) is 1.63. The molecule has 1 aliphatic heterocycles. The zero-order valence-corrected chi connectivity index (χ0v) is 10.8.